The second kappa shape index (κ2) is 18.7. The van der Waals surface area contributed by atoms with E-state index in [9.17, 15) is 5.11 Å². The molecule has 1 heterocycles. The Morgan fingerprint density at radius 2 is 1.10 bits per heavy atom. The van der Waals surface area contributed by atoms with Crippen molar-refractivity contribution in [1.82, 2.24) is 4.98 Å². The summed E-state index contributed by atoms with van der Waals surface area (Å²) in [5, 5.41) is 10.6. The van der Waals surface area contributed by atoms with Gasteiger partial charge in [-0.2, -0.15) is 12.4 Å². The van der Waals surface area contributed by atoms with Gasteiger partial charge in [-0.1, -0.05) is 88.7 Å². The number of hydrogen-bond acceptors (Lipinski definition) is 2. The van der Waals surface area contributed by atoms with E-state index in [2.05, 4.69) is 115 Å². The maximum absolute atomic E-state index is 10.6. The van der Waals surface area contributed by atoms with Gasteiger partial charge in [-0.15, -0.1) is 0 Å². The van der Waals surface area contributed by atoms with Crippen LogP contribution in [0.4, 0.5) is 5.69 Å². The molecule has 0 unspecified atom stereocenters. The summed E-state index contributed by atoms with van der Waals surface area (Å²) in [5.74, 6) is 1.34. The predicted molar refractivity (Wildman–Crippen MR) is 209 cm³/mol. The van der Waals surface area contributed by atoms with Gasteiger partial charge in [0.1, 0.15) is 5.75 Å². The minimum absolute atomic E-state index is 0.0974. The molecule has 0 saturated heterocycles. The van der Waals surface area contributed by atoms with E-state index < -0.39 is 17.9 Å². The van der Waals surface area contributed by atoms with Gasteiger partial charge in [0.05, 0.1) is 0 Å². The molecule has 5 aromatic carbocycles. The summed E-state index contributed by atoms with van der Waals surface area (Å²) in [6.07, 6.45) is 3.50. The van der Waals surface area contributed by atoms with Crippen molar-refractivity contribution in [3.8, 4) is 28.0 Å². The van der Waals surface area contributed by atoms with Crippen LogP contribution in [0, 0.1) is 0 Å². The minimum atomic E-state index is -0.918. The van der Waals surface area contributed by atoms with Crippen LogP contribution < -0.4 is 4.98 Å². The van der Waals surface area contributed by atoms with Crippen LogP contribution in [0.3, 0.4) is 0 Å². The van der Waals surface area contributed by atoms with E-state index in [1.54, 1.807) is 12.4 Å². The number of phenolic OH excluding ortho intramolecular Hbond substituents is 1. The van der Waals surface area contributed by atoms with Gasteiger partial charge in [-0.3, -0.25) is 0 Å². The summed E-state index contributed by atoms with van der Waals surface area (Å²) in [5.41, 5.74) is 9.21. The quantitative estimate of drug-likeness (QED) is 0.174. The predicted octanol–water partition coefficient (Wildman–Crippen LogP) is 12.7. The third-order valence-electron chi connectivity index (χ3n) is 8.05. The number of benzene rings is 5. The molecule has 5 heteroatoms. The maximum atomic E-state index is 10.6. The molecular formula is C44H46BrN2OW-. The molecule has 252 valence electrons. The number of rotatable bonds is 7. The monoisotopic (exact) mass is 881 g/mol. The first-order valence-corrected chi connectivity index (χ1v) is 20.4. The fourth-order valence-electron chi connectivity index (χ4n) is 5.29. The van der Waals surface area contributed by atoms with Crippen LogP contribution in [0.1, 0.15) is 70.1 Å². The van der Waals surface area contributed by atoms with E-state index in [1.807, 2.05) is 84.9 Å². The van der Waals surface area contributed by atoms with Gasteiger partial charge in [0.25, 0.3) is 0 Å². The first kappa shape index (κ1) is 37.8. The average molecular weight is 883 g/mol. The molecule has 0 atom stereocenters. The number of hydrogen-bond donors (Lipinski definition) is 1. The Hall–Kier alpha value is -3.98. The second-order valence-corrected chi connectivity index (χ2v) is 16.1. The van der Waals surface area contributed by atoms with Crippen molar-refractivity contribution in [2.75, 3.05) is 0 Å². The zero-order chi connectivity index (χ0) is 35.2. The van der Waals surface area contributed by atoms with E-state index >= 15 is 0 Å². The van der Waals surface area contributed by atoms with E-state index in [0.29, 0.717) is 17.6 Å². The molecule has 6 aromatic rings. The Balaban J connectivity index is 0.000000195. The Morgan fingerprint density at radius 1 is 0.653 bits per heavy atom. The number of halogens is 1. The summed E-state index contributed by atoms with van der Waals surface area (Å²) in [6.45, 7) is 13.7. The molecule has 0 fully saturated rings. The summed E-state index contributed by atoms with van der Waals surface area (Å²) >= 11 is 2.61. The van der Waals surface area contributed by atoms with Gasteiger partial charge in [-0.25, -0.2) is 0 Å². The molecule has 1 aromatic heterocycles. The molecule has 0 radical (unpaired) electrons. The van der Waals surface area contributed by atoms with Gasteiger partial charge < -0.3 is 10.1 Å². The standard InChI is InChI=1S/C18H13BrO.C12H17N.C10H12.C4H4N.W/c19-15-11-16(13-7-3-1-4-8-13)18(20)17(12-15)14-9-5-2-6-10-14;1-8(2)10-6-5-7-11(9(3)4)12(10)13;1-10(2,3)9-7-5-4-6-8-9;1-2-4-5-3-1;/h1-12,20H;5-9H,1-4H3;1,4-8H,2-3H3;1-4H;/q;;;-1;. The summed E-state index contributed by atoms with van der Waals surface area (Å²) in [6, 6.07) is 44.9. The van der Waals surface area contributed by atoms with Crippen molar-refractivity contribution < 1.29 is 23.0 Å². The molecule has 0 amide bonds. The summed E-state index contributed by atoms with van der Waals surface area (Å²) in [4.78, 5) is 3.72. The van der Waals surface area contributed by atoms with Crippen LogP contribution in [-0.4, -0.2) is 9.51 Å². The molecule has 6 rings (SSSR count). The molecule has 0 spiro atoms. The molecule has 0 aliphatic heterocycles. The van der Waals surface area contributed by atoms with Gasteiger partial charge in [0, 0.05) is 15.6 Å². The van der Waals surface area contributed by atoms with Gasteiger partial charge in [0.2, 0.25) is 0 Å². The third kappa shape index (κ3) is 11.0. The molecular weight excluding hydrogens is 836 g/mol. The molecule has 49 heavy (non-hydrogen) atoms. The van der Waals surface area contributed by atoms with Crippen LogP contribution in [0.25, 0.3) is 22.3 Å². The van der Waals surface area contributed by atoms with Gasteiger partial charge in [-0.05, 0) is 23.3 Å². The van der Waals surface area contributed by atoms with Crippen molar-refractivity contribution in [3.63, 3.8) is 0 Å². The Labute approximate surface area is 309 Å². The van der Waals surface area contributed by atoms with Crippen molar-refractivity contribution >= 4 is 26.0 Å². The first-order chi connectivity index (χ1) is 23.6. The van der Waals surface area contributed by atoms with E-state index in [1.165, 1.54) is 22.4 Å². The van der Waals surface area contributed by atoms with E-state index in [-0.39, 0.29) is 5.41 Å². The fraction of sp³-hybridized carbons (Fsp3) is 0.205. The normalized spacial score (nSPS) is 10.8. The Kier molecular flexibility index (Phi) is 14.4. The van der Waals surface area contributed by atoms with Crippen LogP contribution in [0.2, 0.25) is 0 Å². The fourth-order valence-corrected chi connectivity index (χ4v) is 8.51. The van der Waals surface area contributed by atoms with Crippen LogP contribution in [0.5, 0.6) is 5.75 Å². The second-order valence-electron chi connectivity index (χ2n) is 12.9. The maximum Gasteiger partial charge on any atom is 0.131 e. The van der Waals surface area contributed by atoms with Gasteiger partial charge >= 0.3 is 156 Å². The molecule has 3 nitrogen and oxygen atoms in total. The number of nitrogens with zero attached hydrogens (tertiary/aromatic N) is 2. The van der Waals surface area contributed by atoms with Crippen molar-refractivity contribution in [2.24, 2.45) is 3.50 Å². The van der Waals surface area contributed by atoms with E-state index in [4.69, 9.17) is 3.50 Å². The number of phenols is 1. The zero-order valence-corrected chi connectivity index (χ0v) is 33.7. The zero-order valence-electron chi connectivity index (χ0n) is 29.2. The molecule has 1 N–H and O–H groups in total. The first-order valence-electron chi connectivity index (χ1n) is 16.6. The SMILES string of the molecule is CC(C)c1cccc(C(C)C)c1[N]=[W]=[CH]C(C)(C)c1ccccc1.Oc1c(-c2ccccc2)cc(Br)cc1-c1ccccc1.c1cc[n-]c1. The topological polar surface area (TPSA) is 46.7 Å². The van der Waals surface area contributed by atoms with Crippen molar-refractivity contribution in [2.45, 2.75) is 58.8 Å². The smallest absolute Gasteiger partial charge is 0.131 e. The molecule has 0 aliphatic rings. The average Bonchev–Trinajstić information content (AvgIpc) is 3.71. The number of aromatic nitrogens is 1. The minimum Gasteiger partial charge on any atom is -0.670 e. The number of aromatic hydroxyl groups is 1. The van der Waals surface area contributed by atoms with Gasteiger partial charge in [0.15, 0.2) is 0 Å². The van der Waals surface area contributed by atoms with Crippen molar-refractivity contribution in [3.05, 3.63) is 167 Å². The Bertz CT molecular complexity index is 1820. The van der Waals surface area contributed by atoms with Crippen molar-refractivity contribution in [1.29, 1.82) is 0 Å². The Morgan fingerprint density at radius 3 is 1.51 bits per heavy atom. The largest absolute Gasteiger partial charge is 0.670 e. The van der Waals surface area contributed by atoms with E-state index in [0.717, 1.165) is 26.7 Å². The third-order valence-corrected chi connectivity index (χ3v) is 12.0. The molecule has 0 bridgehead atoms. The summed E-state index contributed by atoms with van der Waals surface area (Å²) < 4.78 is 8.61. The van der Waals surface area contributed by atoms with Crippen LogP contribution in [0.15, 0.2) is 154 Å². The molecule has 0 saturated carbocycles. The van der Waals surface area contributed by atoms with Crippen LogP contribution >= 0.6 is 15.9 Å². The summed E-state index contributed by atoms with van der Waals surface area (Å²) in [7, 11) is 0. The molecule has 0 aliphatic carbocycles. The van der Waals surface area contributed by atoms with Crippen LogP contribution in [-0.2, 0) is 23.3 Å².